The summed E-state index contributed by atoms with van der Waals surface area (Å²) < 4.78 is 4.81. The van der Waals surface area contributed by atoms with E-state index < -0.39 is 12.2 Å². The molecular weight excluding hydrogens is 132 g/mol. The van der Waals surface area contributed by atoms with E-state index in [1.54, 1.807) is 0 Å². The van der Waals surface area contributed by atoms with E-state index in [9.17, 15) is 5.11 Å². The summed E-state index contributed by atoms with van der Waals surface area (Å²) in [5.41, 5.74) is 0. The van der Waals surface area contributed by atoms with Crippen molar-refractivity contribution in [3.63, 3.8) is 0 Å². The highest BCUT2D eigenvalue weighted by Gasteiger charge is 2.15. The van der Waals surface area contributed by atoms with Crippen LogP contribution in [0, 0.1) is 0 Å². The van der Waals surface area contributed by atoms with Gasteiger partial charge in [-0.1, -0.05) is 13.3 Å². The van der Waals surface area contributed by atoms with Crippen LogP contribution in [0.25, 0.3) is 0 Å². The fraction of sp³-hybridized carbons (Fsp3) is 1.00. The molecule has 62 valence electrons. The summed E-state index contributed by atoms with van der Waals surface area (Å²) in [6, 6.07) is 0. The highest BCUT2D eigenvalue weighted by atomic mass is 16.5. The topological polar surface area (TPSA) is 49.7 Å². The van der Waals surface area contributed by atoms with Gasteiger partial charge in [-0.25, -0.2) is 0 Å². The highest BCUT2D eigenvalue weighted by molar-refractivity contribution is 4.66. The second-order valence-corrected chi connectivity index (χ2v) is 2.31. The summed E-state index contributed by atoms with van der Waals surface area (Å²) in [4.78, 5) is 0. The largest absolute Gasteiger partial charge is 0.394 e. The third-order valence-electron chi connectivity index (χ3n) is 1.50. The van der Waals surface area contributed by atoms with Gasteiger partial charge in [0.15, 0.2) is 0 Å². The molecule has 0 unspecified atom stereocenters. The molecule has 0 aromatic rings. The van der Waals surface area contributed by atoms with Gasteiger partial charge in [0.2, 0.25) is 0 Å². The SMILES string of the molecule is CCC[C@@H](O)[C@H](CO)OC. The first-order chi connectivity index (χ1) is 4.76. The monoisotopic (exact) mass is 148 g/mol. The molecular formula is C7H16O3. The van der Waals surface area contributed by atoms with Crippen molar-refractivity contribution < 1.29 is 14.9 Å². The van der Waals surface area contributed by atoms with E-state index >= 15 is 0 Å². The Kier molecular flexibility index (Phi) is 5.58. The first-order valence-corrected chi connectivity index (χ1v) is 3.58. The number of methoxy groups -OCH3 is 1. The Morgan fingerprint density at radius 1 is 1.50 bits per heavy atom. The molecule has 0 aliphatic carbocycles. The van der Waals surface area contributed by atoms with Crippen molar-refractivity contribution >= 4 is 0 Å². The Labute approximate surface area is 61.6 Å². The molecule has 0 spiro atoms. The molecule has 0 aromatic carbocycles. The van der Waals surface area contributed by atoms with E-state index in [-0.39, 0.29) is 6.61 Å². The second-order valence-electron chi connectivity index (χ2n) is 2.31. The summed E-state index contributed by atoms with van der Waals surface area (Å²) in [6.45, 7) is 1.87. The van der Waals surface area contributed by atoms with Gasteiger partial charge in [0.05, 0.1) is 12.7 Å². The van der Waals surface area contributed by atoms with E-state index in [4.69, 9.17) is 9.84 Å². The van der Waals surface area contributed by atoms with Crippen LogP contribution in [-0.2, 0) is 4.74 Å². The maximum atomic E-state index is 9.22. The first-order valence-electron chi connectivity index (χ1n) is 3.58. The lowest BCUT2D eigenvalue weighted by molar-refractivity contribution is -0.0439. The summed E-state index contributed by atoms with van der Waals surface area (Å²) in [7, 11) is 1.49. The lowest BCUT2D eigenvalue weighted by Gasteiger charge is -2.18. The molecule has 0 aliphatic heterocycles. The molecule has 0 bridgehead atoms. The van der Waals surface area contributed by atoms with Crippen molar-refractivity contribution in [1.82, 2.24) is 0 Å². The third-order valence-corrected chi connectivity index (χ3v) is 1.50. The van der Waals surface area contributed by atoms with E-state index in [1.807, 2.05) is 6.92 Å². The van der Waals surface area contributed by atoms with Gasteiger partial charge >= 0.3 is 0 Å². The zero-order valence-corrected chi connectivity index (χ0v) is 6.58. The summed E-state index contributed by atoms with van der Waals surface area (Å²) in [5, 5.41) is 17.9. The number of hydrogen-bond acceptors (Lipinski definition) is 3. The van der Waals surface area contributed by atoms with Crippen molar-refractivity contribution in [2.45, 2.75) is 32.0 Å². The van der Waals surface area contributed by atoms with Gasteiger partial charge in [-0.2, -0.15) is 0 Å². The lowest BCUT2D eigenvalue weighted by Crippen LogP contribution is -2.31. The number of hydrogen-bond donors (Lipinski definition) is 2. The maximum absolute atomic E-state index is 9.22. The summed E-state index contributed by atoms with van der Waals surface area (Å²) >= 11 is 0. The molecule has 0 heterocycles. The predicted octanol–water partition coefficient (Wildman–Crippen LogP) is 0.155. The molecule has 0 saturated carbocycles. The van der Waals surface area contributed by atoms with Crippen molar-refractivity contribution in [1.29, 1.82) is 0 Å². The standard InChI is InChI=1S/C7H16O3/c1-3-4-6(9)7(5-8)10-2/h6-9H,3-5H2,1-2H3/t6-,7+/m1/s1. The zero-order valence-electron chi connectivity index (χ0n) is 6.58. The van der Waals surface area contributed by atoms with E-state index in [0.29, 0.717) is 6.42 Å². The van der Waals surface area contributed by atoms with Gasteiger partial charge in [0.1, 0.15) is 6.10 Å². The lowest BCUT2D eigenvalue weighted by atomic mass is 10.1. The molecule has 3 heteroatoms. The van der Waals surface area contributed by atoms with Gasteiger partial charge < -0.3 is 14.9 Å². The fourth-order valence-corrected chi connectivity index (χ4v) is 0.835. The van der Waals surface area contributed by atoms with Crippen LogP contribution in [0.1, 0.15) is 19.8 Å². The molecule has 0 radical (unpaired) electrons. The molecule has 2 N–H and O–H groups in total. The molecule has 2 atom stereocenters. The minimum Gasteiger partial charge on any atom is -0.394 e. The molecule has 0 saturated heterocycles. The van der Waals surface area contributed by atoms with E-state index in [0.717, 1.165) is 6.42 Å². The van der Waals surface area contributed by atoms with Crippen molar-refractivity contribution in [2.24, 2.45) is 0 Å². The average Bonchev–Trinajstić information content (AvgIpc) is 1.91. The first kappa shape index (κ1) is 9.88. The van der Waals surface area contributed by atoms with Crippen LogP contribution < -0.4 is 0 Å². The molecule has 0 aliphatic rings. The predicted molar refractivity (Wildman–Crippen MR) is 38.8 cm³/mol. The van der Waals surface area contributed by atoms with Crippen molar-refractivity contribution in [2.75, 3.05) is 13.7 Å². The van der Waals surface area contributed by atoms with Crippen LogP contribution in [-0.4, -0.2) is 36.1 Å². The molecule has 0 amide bonds. The van der Waals surface area contributed by atoms with Crippen LogP contribution in [0.4, 0.5) is 0 Å². The highest BCUT2D eigenvalue weighted by Crippen LogP contribution is 2.03. The quantitative estimate of drug-likeness (QED) is 0.583. The normalized spacial score (nSPS) is 16.8. The Balaban J connectivity index is 3.53. The average molecular weight is 148 g/mol. The Bertz CT molecular complexity index is 71.3. The number of aliphatic hydroxyl groups excluding tert-OH is 2. The van der Waals surface area contributed by atoms with E-state index in [2.05, 4.69) is 0 Å². The van der Waals surface area contributed by atoms with Crippen LogP contribution in [0.5, 0.6) is 0 Å². The maximum Gasteiger partial charge on any atom is 0.106 e. The Hall–Kier alpha value is -0.120. The zero-order chi connectivity index (χ0) is 7.98. The van der Waals surface area contributed by atoms with Crippen LogP contribution >= 0.6 is 0 Å². The van der Waals surface area contributed by atoms with Gasteiger partial charge in [0, 0.05) is 7.11 Å². The molecule has 0 fully saturated rings. The Morgan fingerprint density at radius 3 is 2.40 bits per heavy atom. The molecule has 0 aromatic heterocycles. The van der Waals surface area contributed by atoms with Crippen LogP contribution in [0.15, 0.2) is 0 Å². The number of aliphatic hydroxyl groups is 2. The molecule has 0 rings (SSSR count). The minimum atomic E-state index is -0.528. The number of ether oxygens (including phenoxy) is 1. The smallest absolute Gasteiger partial charge is 0.106 e. The minimum absolute atomic E-state index is 0.113. The van der Waals surface area contributed by atoms with Gasteiger partial charge in [0.25, 0.3) is 0 Å². The van der Waals surface area contributed by atoms with Gasteiger partial charge in [-0.15, -0.1) is 0 Å². The third kappa shape index (κ3) is 3.15. The van der Waals surface area contributed by atoms with Gasteiger partial charge in [-0.05, 0) is 6.42 Å². The second kappa shape index (κ2) is 5.65. The van der Waals surface area contributed by atoms with Crippen molar-refractivity contribution in [3.8, 4) is 0 Å². The van der Waals surface area contributed by atoms with Crippen LogP contribution in [0.2, 0.25) is 0 Å². The van der Waals surface area contributed by atoms with Crippen LogP contribution in [0.3, 0.4) is 0 Å². The summed E-state index contributed by atoms with van der Waals surface area (Å²) in [6.07, 6.45) is 0.639. The fourth-order valence-electron chi connectivity index (χ4n) is 0.835. The molecule has 10 heavy (non-hydrogen) atoms. The van der Waals surface area contributed by atoms with E-state index in [1.165, 1.54) is 7.11 Å². The molecule has 3 nitrogen and oxygen atoms in total. The van der Waals surface area contributed by atoms with Gasteiger partial charge in [-0.3, -0.25) is 0 Å². The van der Waals surface area contributed by atoms with Crippen molar-refractivity contribution in [3.05, 3.63) is 0 Å². The number of rotatable bonds is 5. The Morgan fingerprint density at radius 2 is 2.10 bits per heavy atom. The summed E-state index contributed by atoms with van der Waals surface area (Å²) in [5.74, 6) is 0.